The van der Waals surface area contributed by atoms with E-state index in [0.29, 0.717) is 5.84 Å². The maximum atomic E-state index is 11.7. The Balaban J connectivity index is 2.07. The van der Waals surface area contributed by atoms with Gasteiger partial charge in [0.2, 0.25) is 0 Å². The van der Waals surface area contributed by atoms with Crippen LogP contribution in [0.3, 0.4) is 0 Å². The van der Waals surface area contributed by atoms with Gasteiger partial charge in [-0.2, -0.15) is 5.10 Å². The molecule has 1 aliphatic heterocycles. The largest absolute Gasteiger partial charge is 0.352 e. The maximum absolute atomic E-state index is 11.7. The second-order valence-electron chi connectivity index (χ2n) is 5.02. The number of ketones is 1. The van der Waals surface area contributed by atoms with E-state index in [0.717, 1.165) is 31.6 Å². The predicted octanol–water partition coefficient (Wildman–Crippen LogP) is 2.80. The number of hydrogen-bond donors (Lipinski definition) is 1. The van der Waals surface area contributed by atoms with Crippen LogP contribution < -0.4 is 5.43 Å². The van der Waals surface area contributed by atoms with Crippen molar-refractivity contribution in [1.29, 1.82) is 0 Å². The van der Waals surface area contributed by atoms with Gasteiger partial charge in [-0.15, -0.1) is 0 Å². The highest BCUT2D eigenvalue weighted by Gasteiger charge is 2.18. The van der Waals surface area contributed by atoms with Crippen LogP contribution in [0.1, 0.15) is 31.7 Å². The second-order valence-corrected chi connectivity index (χ2v) is 5.02. The fraction of sp³-hybridized carbons (Fsp3) is 0.467. The summed E-state index contributed by atoms with van der Waals surface area (Å²) in [4.78, 5) is 13.8. The average Bonchev–Trinajstić information content (AvgIpc) is 2.42. The first-order valence-corrected chi connectivity index (χ1v) is 6.83. The minimum absolute atomic E-state index is 0.0153. The minimum Gasteiger partial charge on any atom is -0.352 e. The molecule has 0 bridgehead atoms. The molecular formula is C15H21N3O. The van der Waals surface area contributed by atoms with Crippen molar-refractivity contribution in [3.8, 4) is 0 Å². The van der Waals surface area contributed by atoms with E-state index in [1.807, 2.05) is 31.2 Å². The van der Waals surface area contributed by atoms with E-state index in [1.54, 1.807) is 6.92 Å². The highest BCUT2D eigenvalue weighted by atomic mass is 16.1. The zero-order valence-electron chi connectivity index (χ0n) is 11.6. The van der Waals surface area contributed by atoms with E-state index in [9.17, 15) is 4.79 Å². The highest BCUT2D eigenvalue weighted by Crippen LogP contribution is 2.12. The molecule has 4 heteroatoms. The zero-order chi connectivity index (χ0) is 13.7. The van der Waals surface area contributed by atoms with Crippen molar-refractivity contribution in [2.75, 3.05) is 18.5 Å². The van der Waals surface area contributed by atoms with Gasteiger partial charge in [-0.3, -0.25) is 10.2 Å². The summed E-state index contributed by atoms with van der Waals surface area (Å²) in [6.45, 7) is 5.47. The first-order chi connectivity index (χ1) is 9.16. The number of aryl methyl sites for hydroxylation is 1. The number of carbonyl (C=O) groups is 1. The lowest BCUT2D eigenvalue weighted by atomic mass is 10.1. The van der Waals surface area contributed by atoms with Crippen molar-refractivity contribution in [2.24, 2.45) is 5.10 Å². The van der Waals surface area contributed by atoms with Gasteiger partial charge < -0.3 is 4.90 Å². The Morgan fingerprint density at radius 2 is 1.79 bits per heavy atom. The number of nitrogens with zero attached hydrogens (tertiary/aromatic N) is 2. The topological polar surface area (TPSA) is 44.7 Å². The van der Waals surface area contributed by atoms with E-state index in [1.165, 1.54) is 12.0 Å². The lowest BCUT2D eigenvalue weighted by molar-refractivity contribution is -0.111. The van der Waals surface area contributed by atoms with Crippen LogP contribution >= 0.6 is 0 Å². The molecule has 0 saturated carbocycles. The normalized spacial score (nSPS) is 16.3. The monoisotopic (exact) mass is 259 g/mol. The molecular weight excluding hydrogens is 238 g/mol. The van der Waals surface area contributed by atoms with Crippen molar-refractivity contribution in [3.63, 3.8) is 0 Å². The number of piperidine rings is 1. The third-order valence-corrected chi connectivity index (χ3v) is 3.31. The fourth-order valence-electron chi connectivity index (χ4n) is 2.22. The summed E-state index contributed by atoms with van der Waals surface area (Å²) in [5.74, 6) is 0.557. The number of nitrogens with one attached hydrogen (secondary N) is 1. The Hall–Kier alpha value is -1.84. The molecule has 0 unspecified atom stereocenters. The van der Waals surface area contributed by atoms with E-state index < -0.39 is 0 Å². The Morgan fingerprint density at radius 1 is 1.16 bits per heavy atom. The van der Waals surface area contributed by atoms with Gasteiger partial charge in [-0.05, 0) is 38.3 Å². The standard InChI is InChI=1S/C15H21N3O/c1-12-6-8-14(9-7-12)16-17-15(13(2)19)18-10-4-3-5-11-18/h6-9,16H,3-5,10-11H2,1-2H3/b17-15+. The smallest absolute Gasteiger partial charge is 0.196 e. The first kappa shape index (κ1) is 13.6. The van der Waals surface area contributed by atoms with Crippen molar-refractivity contribution < 1.29 is 4.79 Å². The van der Waals surface area contributed by atoms with Crippen LogP contribution in [-0.4, -0.2) is 29.6 Å². The van der Waals surface area contributed by atoms with E-state index in [-0.39, 0.29) is 5.78 Å². The lowest BCUT2D eigenvalue weighted by Crippen LogP contribution is -2.39. The van der Waals surface area contributed by atoms with Gasteiger partial charge in [0, 0.05) is 20.0 Å². The molecule has 0 aromatic heterocycles. The number of Topliss-reactive ketones (excluding diaryl/α,β-unsaturated/α-hetero) is 1. The minimum atomic E-state index is 0.0153. The van der Waals surface area contributed by atoms with Gasteiger partial charge in [0.05, 0.1) is 5.69 Å². The molecule has 0 radical (unpaired) electrons. The molecule has 1 heterocycles. The summed E-state index contributed by atoms with van der Waals surface area (Å²) in [7, 11) is 0. The SMILES string of the molecule is CC(=O)/C(=N\Nc1ccc(C)cc1)N1CCCCC1. The van der Waals surface area contributed by atoms with Crippen molar-refractivity contribution >= 4 is 17.3 Å². The third-order valence-electron chi connectivity index (χ3n) is 3.31. The Bertz CT molecular complexity index is 459. The van der Waals surface area contributed by atoms with Gasteiger partial charge in [0.25, 0.3) is 0 Å². The molecule has 19 heavy (non-hydrogen) atoms. The molecule has 0 aliphatic carbocycles. The molecule has 4 nitrogen and oxygen atoms in total. The summed E-state index contributed by atoms with van der Waals surface area (Å²) in [6, 6.07) is 7.97. The predicted molar refractivity (Wildman–Crippen MR) is 78.3 cm³/mol. The highest BCUT2D eigenvalue weighted by molar-refractivity contribution is 6.37. The summed E-state index contributed by atoms with van der Waals surface area (Å²) in [5.41, 5.74) is 5.09. The fourth-order valence-corrected chi connectivity index (χ4v) is 2.22. The number of carbonyl (C=O) groups excluding carboxylic acids is 1. The molecule has 2 rings (SSSR count). The first-order valence-electron chi connectivity index (χ1n) is 6.83. The summed E-state index contributed by atoms with van der Waals surface area (Å²) >= 11 is 0. The van der Waals surface area contributed by atoms with Gasteiger partial charge in [0.15, 0.2) is 11.6 Å². The molecule has 1 aliphatic rings. The third kappa shape index (κ3) is 3.81. The summed E-state index contributed by atoms with van der Waals surface area (Å²) in [6.07, 6.45) is 3.51. The van der Waals surface area contributed by atoms with Crippen molar-refractivity contribution in [3.05, 3.63) is 29.8 Å². The second kappa shape index (κ2) is 6.36. The molecule has 1 aromatic rings. The summed E-state index contributed by atoms with van der Waals surface area (Å²) < 4.78 is 0. The van der Waals surface area contributed by atoms with Gasteiger partial charge in [-0.1, -0.05) is 17.7 Å². The molecule has 1 aromatic carbocycles. The Morgan fingerprint density at radius 3 is 2.37 bits per heavy atom. The van der Waals surface area contributed by atoms with Crippen LogP contribution in [-0.2, 0) is 4.79 Å². The maximum Gasteiger partial charge on any atom is 0.196 e. The van der Waals surface area contributed by atoms with E-state index >= 15 is 0 Å². The van der Waals surface area contributed by atoms with Crippen molar-refractivity contribution in [1.82, 2.24) is 4.90 Å². The number of anilines is 1. The van der Waals surface area contributed by atoms with Gasteiger partial charge in [0.1, 0.15) is 0 Å². The Labute approximate surface area is 114 Å². The molecule has 1 fully saturated rings. The van der Waals surface area contributed by atoms with Crippen LogP contribution in [0.5, 0.6) is 0 Å². The Kier molecular flexibility index (Phi) is 4.55. The number of hydrogen-bond acceptors (Lipinski definition) is 3. The number of rotatable bonds is 3. The zero-order valence-corrected chi connectivity index (χ0v) is 11.6. The summed E-state index contributed by atoms with van der Waals surface area (Å²) in [5, 5.41) is 4.29. The van der Waals surface area contributed by atoms with Gasteiger partial charge >= 0.3 is 0 Å². The van der Waals surface area contributed by atoms with E-state index in [2.05, 4.69) is 15.4 Å². The van der Waals surface area contributed by atoms with Crippen molar-refractivity contribution in [2.45, 2.75) is 33.1 Å². The van der Waals surface area contributed by atoms with Crippen LogP contribution in [0.15, 0.2) is 29.4 Å². The quantitative estimate of drug-likeness (QED) is 0.516. The molecule has 0 spiro atoms. The number of likely N-dealkylation sites (tertiary alicyclic amines) is 1. The molecule has 0 atom stereocenters. The van der Waals surface area contributed by atoms with Crippen LogP contribution in [0.4, 0.5) is 5.69 Å². The number of benzene rings is 1. The van der Waals surface area contributed by atoms with Crippen LogP contribution in [0.2, 0.25) is 0 Å². The van der Waals surface area contributed by atoms with Crippen LogP contribution in [0, 0.1) is 6.92 Å². The van der Waals surface area contributed by atoms with E-state index in [4.69, 9.17) is 0 Å². The lowest BCUT2D eigenvalue weighted by Gasteiger charge is -2.28. The molecule has 1 N–H and O–H groups in total. The number of hydrazone groups is 1. The molecule has 102 valence electrons. The number of amidine groups is 1. The molecule has 1 saturated heterocycles. The van der Waals surface area contributed by atoms with Crippen LogP contribution in [0.25, 0.3) is 0 Å². The molecule has 0 amide bonds. The average molecular weight is 259 g/mol. The van der Waals surface area contributed by atoms with Gasteiger partial charge in [-0.25, -0.2) is 0 Å².